The van der Waals surface area contributed by atoms with Crippen LogP contribution in [0.2, 0.25) is 10.0 Å². The predicted octanol–water partition coefficient (Wildman–Crippen LogP) is 4.44. The van der Waals surface area contributed by atoms with E-state index in [1.807, 2.05) is 6.07 Å². The van der Waals surface area contributed by atoms with Crippen LogP contribution in [0.4, 0.5) is 0 Å². The number of hydrogen-bond donors (Lipinski definition) is 0. The molecular formula is C17H17Cl2NO4. The van der Waals surface area contributed by atoms with Crippen LogP contribution in [0.15, 0.2) is 41.6 Å². The second-order valence-electron chi connectivity index (χ2n) is 4.58. The van der Waals surface area contributed by atoms with Crippen molar-refractivity contribution in [3.05, 3.63) is 52.0 Å². The van der Waals surface area contributed by atoms with Crippen LogP contribution in [-0.2, 0) is 4.84 Å². The molecule has 0 radical (unpaired) electrons. The molecule has 0 bridgehead atoms. The minimum Gasteiger partial charge on any atom is -0.493 e. The Balaban J connectivity index is 1.81. The van der Waals surface area contributed by atoms with Gasteiger partial charge in [-0.15, -0.1) is 0 Å². The lowest BCUT2D eigenvalue weighted by atomic mass is 10.2. The van der Waals surface area contributed by atoms with Crippen LogP contribution in [0.25, 0.3) is 0 Å². The summed E-state index contributed by atoms with van der Waals surface area (Å²) in [5.74, 6) is 1.71. The smallest absolute Gasteiger partial charge is 0.161 e. The average Bonchev–Trinajstić information content (AvgIpc) is 2.59. The molecule has 0 amide bonds. The number of oxime groups is 1. The minimum atomic E-state index is 0.255. The fraction of sp³-hybridized carbons (Fsp3) is 0.235. The van der Waals surface area contributed by atoms with Crippen molar-refractivity contribution in [2.24, 2.45) is 5.16 Å². The van der Waals surface area contributed by atoms with E-state index in [9.17, 15) is 0 Å². The van der Waals surface area contributed by atoms with Crippen molar-refractivity contribution in [2.75, 3.05) is 27.4 Å². The van der Waals surface area contributed by atoms with Gasteiger partial charge in [0.1, 0.15) is 6.61 Å². The lowest BCUT2D eigenvalue weighted by Gasteiger charge is -2.09. The molecule has 128 valence electrons. The van der Waals surface area contributed by atoms with E-state index in [1.54, 1.807) is 50.8 Å². The van der Waals surface area contributed by atoms with Gasteiger partial charge in [0.2, 0.25) is 0 Å². The number of benzene rings is 2. The van der Waals surface area contributed by atoms with Crippen LogP contribution in [0, 0.1) is 0 Å². The Morgan fingerprint density at radius 3 is 2.33 bits per heavy atom. The molecule has 24 heavy (non-hydrogen) atoms. The summed E-state index contributed by atoms with van der Waals surface area (Å²) in [7, 11) is 3.16. The summed E-state index contributed by atoms with van der Waals surface area (Å²) in [6.07, 6.45) is 1.57. The topological polar surface area (TPSA) is 49.3 Å². The van der Waals surface area contributed by atoms with Gasteiger partial charge in [-0.1, -0.05) is 34.4 Å². The highest BCUT2D eigenvalue weighted by atomic mass is 35.5. The maximum Gasteiger partial charge on any atom is 0.161 e. The molecule has 0 fully saturated rings. The molecule has 0 aliphatic heterocycles. The molecular weight excluding hydrogens is 353 g/mol. The molecule has 2 aromatic carbocycles. The molecule has 0 aliphatic rings. The van der Waals surface area contributed by atoms with Gasteiger partial charge in [-0.3, -0.25) is 0 Å². The normalized spacial score (nSPS) is 10.7. The highest BCUT2D eigenvalue weighted by molar-refractivity contribution is 6.37. The Morgan fingerprint density at radius 1 is 0.958 bits per heavy atom. The highest BCUT2D eigenvalue weighted by Gasteiger charge is 2.06. The molecule has 7 heteroatoms. The largest absolute Gasteiger partial charge is 0.493 e. The van der Waals surface area contributed by atoms with Crippen molar-refractivity contribution in [1.82, 2.24) is 0 Å². The van der Waals surface area contributed by atoms with Crippen molar-refractivity contribution in [3.8, 4) is 17.2 Å². The molecule has 2 rings (SSSR count). The van der Waals surface area contributed by atoms with E-state index in [-0.39, 0.29) is 13.2 Å². The first-order chi connectivity index (χ1) is 11.7. The fourth-order valence-electron chi connectivity index (χ4n) is 1.89. The third-order valence-corrected chi connectivity index (χ3v) is 3.62. The van der Waals surface area contributed by atoms with Gasteiger partial charge >= 0.3 is 0 Å². The van der Waals surface area contributed by atoms with E-state index in [1.165, 1.54) is 0 Å². The van der Waals surface area contributed by atoms with Crippen LogP contribution >= 0.6 is 23.2 Å². The molecule has 0 aliphatic carbocycles. The van der Waals surface area contributed by atoms with Gasteiger partial charge < -0.3 is 19.0 Å². The third kappa shape index (κ3) is 4.94. The summed E-state index contributed by atoms with van der Waals surface area (Å²) in [4.78, 5) is 5.16. The van der Waals surface area contributed by atoms with Gasteiger partial charge in [-0.25, -0.2) is 0 Å². The van der Waals surface area contributed by atoms with Crippen LogP contribution in [-0.4, -0.2) is 33.6 Å². The number of halogens is 2. The van der Waals surface area contributed by atoms with Crippen LogP contribution in [0.3, 0.4) is 0 Å². The number of methoxy groups -OCH3 is 2. The van der Waals surface area contributed by atoms with Crippen molar-refractivity contribution in [3.63, 3.8) is 0 Å². The number of rotatable bonds is 8. The van der Waals surface area contributed by atoms with E-state index >= 15 is 0 Å². The monoisotopic (exact) mass is 369 g/mol. The second-order valence-corrected chi connectivity index (χ2v) is 5.40. The number of hydrogen-bond acceptors (Lipinski definition) is 5. The van der Waals surface area contributed by atoms with Crippen LogP contribution in [0.5, 0.6) is 17.2 Å². The highest BCUT2D eigenvalue weighted by Crippen LogP contribution is 2.32. The lowest BCUT2D eigenvalue weighted by molar-refractivity contribution is 0.108. The van der Waals surface area contributed by atoms with Gasteiger partial charge in [-0.05, 0) is 30.3 Å². The first-order valence-corrected chi connectivity index (χ1v) is 7.85. The summed E-state index contributed by atoms with van der Waals surface area (Å²) < 4.78 is 15.9. The summed E-state index contributed by atoms with van der Waals surface area (Å²) in [6, 6.07) is 10.6. The standard InChI is InChI=1S/C17H17Cl2NO4/c1-21-15-7-6-12(10-16(15)22-2)11-20-24-9-8-23-17-13(18)4-3-5-14(17)19/h3-7,10-11H,8-9H2,1-2H3/b20-11-. The molecule has 0 saturated heterocycles. The van der Waals surface area contributed by atoms with Crippen molar-refractivity contribution < 1.29 is 19.0 Å². The number of nitrogens with zero attached hydrogens (tertiary/aromatic N) is 1. The first kappa shape index (κ1) is 18.2. The molecule has 0 saturated carbocycles. The Morgan fingerprint density at radius 2 is 1.67 bits per heavy atom. The zero-order valence-corrected chi connectivity index (χ0v) is 14.8. The van der Waals surface area contributed by atoms with Gasteiger partial charge in [0.25, 0.3) is 0 Å². The Hall–Kier alpha value is -2.11. The zero-order chi connectivity index (χ0) is 17.4. The maximum atomic E-state index is 6.00. The Kier molecular flexibility index (Phi) is 7.03. The Bertz CT molecular complexity index is 687. The molecule has 0 heterocycles. The summed E-state index contributed by atoms with van der Waals surface area (Å²) in [5.41, 5.74) is 0.822. The molecule has 5 nitrogen and oxygen atoms in total. The Labute approximate surface area is 150 Å². The predicted molar refractivity (Wildman–Crippen MR) is 95.0 cm³/mol. The summed E-state index contributed by atoms with van der Waals surface area (Å²) in [6.45, 7) is 0.526. The van der Waals surface area contributed by atoms with E-state index in [4.69, 9.17) is 42.3 Å². The zero-order valence-electron chi connectivity index (χ0n) is 13.3. The van der Waals surface area contributed by atoms with Gasteiger partial charge in [0.05, 0.1) is 30.5 Å². The SMILES string of the molecule is COc1ccc(/C=N\OCCOc2c(Cl)cccc2Cl)cc1OC. The van der Waals surface area contributed by atoms with E-state index < -0.39 is 0 Å². The van der Waals surface area contributed by atoms with Crippen molar-refractivity contribution >= 4 is 29.4 Å². The quantitative estimate of drug-likeness (QED) is 0.392. The van der Waals surface area contributed by atoms with Crippen molar-refractivity contribution in [2.45, 2.75) is 0 Å². The van der Waals surface area contributed by atoms with E-state index in [0.29, 0.717) is 27.3 Å². The summed E-state index contributed by atoms with van der Waals surface area (Å²) in [5, 5.41) is 4.79. The van der Waals surface area contributed by atoms with Gasteiger partial charge in [0, 0.05) is 5.56 Å². The van der Waals surface area contributed by atoms with Crippen molar-refractivity contribution in [1.29, 1.82) is 0 Å². The molecule has 0 N–H and O–H groups in total. The maximum absolute atomic E-state index is 6.00. The second kappa shape index (κ2) is 9.25. The molecule has 0 spiro atoms. The first-order valence-electron chi connectivity index (χ1n) is 7.10. The van der Waals surface area contributed by atoms with E-state index in [0.717, 1.165) is 5.56 Å². The number of para-hydroxylation sites is 1. The lowest BCUT2D eigenvalue weighted by Crippen LogP contribution is -2.05. The molecule has 2 aromatic rings. The fourth-order valence-corrected chi connectivity index (χ4v) is 2.39. The van der Waals surface area contributed by atoms with Crippen LogP contribution < -0.4 is 14.2 Å². The minimum absolute atomic E-state index is 0.255. The third-order valence-electron chi connectivity index (χ3n) is 3.02. The molecule has 0 atom stereocenters. The average molecular weight is 370 g/mol. The molecule has 0 aromatic heterocycles. The summed E-state index contributed by atoms with van der Waals surface area (Å²) >= 11 is 12.0. The van der Waals surface area contributed by atoms with Crippen LogP contribution in [0.1, 0.15) is 5.56 Å². The van der Waals surface area contributed by atoms with Gasteiger partial charge in [-0.2, -0.15) is 0 Å². The van der Waals surface area contributed by atoms with E-state index in [2.05, 4.69) is 5.16 Å². The van der Waals surface area contributed by atoms with Gasteiger partial charge in [0.15, 0.2) is 23.9 Å². The number of ether oxygens (including phenoxy) is 3. The molecule has 0 unspecified atom stereocenters.